The van der Waals surface area contributed by atoms with Crippen molar-refractivity contribution in [1.29, 1.82) is 0 Å². The number of hydrogen-bond donors (Lipinski definition) is 3. The molecule has 0 fully saturated rings. The van der Waals surface area contributed by atoms with E-state index in [1.807, 2.05) is 5.32 Å². The molecule has 94 valence electrons. The molecule has 0 aliphatic rings. The van der Waals surface area contributed by atoms with Crippen molar-refractivity contribution in [2.75, 3.05) is 5.32 Å². The molecule has 0 saturated carbocycles. The van der Waals surface area contributed by atoms with Gasteiger partial charge in [0.1, 0.15) is 5.75 Å². The number of amides is 1. The Morgan fingerprint density at radius 1 is 1.41 bits per heavy atom. The zero-order valence-electron chi connectivity index (χ0n) is 8.88. The third-order valence-corrected chi connectivity index (χ3v) is 2.16. The van der Waals surface area contributed by atoms with Crippen LogP contribution in [0.4, 0.5) is 18.9 Å². The maximum absolute atomic E-state index is 12.4. The summed E-state index contributed by atoms with van der Waals surface area (Å²) in [6.45, 7) is 0.575. The predicted octanol–water partition coefficient (Wildman–Crippen LogP) is 1.61. The normalized spacial score (nSPS) is 15.1. The Bertz CT molecular complexity index is 430. The van der Waals surface area contributed by atoms with E-state index in [4.69, 9.17) is 10.8 Å². The average Bonchev–Trinajstić information content (AvgIpc) is 2.15. The first kappa shape index (κ1) is 13.3. The van der Waals surface area contributed by atoms with Gasteiger partial charge in [0.05, 0.1) is 0 Å². The predicted molar refractivity (Wildman–Crippen MR) is 55.4 cm³/mol. The maximum atomic E-state index is 12.4. The van der Waals surface area contributed by atoms with Crippen molar-refractivity contribution >= 4 is 11.6 Å². The van der Waals surface area contributed by atoms with Crippen LogP contribution < -0.4 is 11.1 Å². The minimum absolute atomic E-state index is 0.0379. The van der Waals surface area contributed by atoms with Gasteiger partial charge in [0.25, 0.3) is 5.91 Å². The zero-order chi connectivity index (χ0) is 13.3. The average molecular weight is 248 g/mol. The molecule has 1 aromatic rings. The van der Waals surface area contributed by atoms with E-state index < -0.39 is 17.6 Å². The number of carbonyl (C=O) groups excluding carboxylic acids is 1. The number of halogens is 3. The van der Waals surface area contributed by atoms with E-state index in [-0.39, 0.29) is 11.4 Å². The van der Waals surface area contributed by atoms with E-state index >= 15 is 0 Å². The quantitative estimate of drug-likeness (QED) is 0.744. The van der Waals surface area contributed by atoms with Crippen LogP contribution in [0.2, 0.25) is 0 Å². The van der Waals surface area contributed by atoms with Crippen LogP contribution in [-0.2, 0) is 4.79 Å². The van der Waals surface area contributed by atoms with E-state index in [0.717, 1.165) is 6.07 Å². The summed E-state index contributed by atoms with van der Waals surface area (Å²) < 4.78 is 37.3. The lowest BCUT2D eigenvalue weighted by molar-refractivity contribution is -0.184. The van der Waals surface area contributed by atoms with E-state index in [9.17, 15) is 18.0 Å². The fraction of sp³-hybridized carbons (Fsp3) is 0.300. The molecule has 1 amide bonds. The number of nitrogens with two attached hydrogens (primary N) is 1. The molecule has 1 aromatic carbocycles. The Morgan fingerprint density at radius 3 is 2.47 bits per heavy atom. The summed E-state index contributed by atoms with van der Waals surface area (Å²) in [5.41, 5.74) is 1.97. The Morgan fingerprint density at radius 2 is 2.00 bits per heavy atom. The Balaban J connectivity index is 2.87. The molecule has 0 saturated heterocycles. The third-order valence-electron chi connectivity index (χ3n) is 2.16. The molecule has 0 aromatic heterocycles. The number of rotatable bonds is 2. The van der Waals surface area contributed by atoms with Gasteiger partial charge in [-0.3, -0.25) is 4.79 Å². The van der Waals surface area contributed by atoms with Crippen LogP contribution in [-0.4, -0.2) is 22.7 Å². The molecular weight excluding hydrogens is 237 g/mol. The summed E-state index contributed by atoms with van der Waals surface area (Å²) in [6.07, 6.45) is -4.85. The Labute approximate surface area is 95.2 Å². The van der Waals surface area contributed by atoms with Gasteiger partial charge in [-0.2, -0.15) is 13.2 Å². The van der Waals surface area contributed by atoms with E-state index in [1.165, 1.54) is 18.2 Å². The number of phenols is 1. The monoisotopic (exact) mass is 248 g/mol. The molecule has 7 heteroatoms. The van der Waals surface area contributed by atoms with Crippen LogP contribution in [0.5, 0.6) is 5.75 Å². The lowest BCUT2D eigenvalue weighted by Crippen LogP contribution is -2.59. The molecule has 0 bridgehead atoms. The van der Waals surface area contributed by atoms with Crippen LogP contribution in [0.1, 0.15) is 6.92 Å². The molecule has 0 aliphatic carbocycles. The van der Waals surface area contributed by atoms with Crippen LogP contribution in [0.15, 0.2) is 24.3 Å². The number of phenolic OH excluding ortho intramolecular Hbond substituents is 1. The molecular formula is C10H11F3N2O2. The summed E-state index contributed by atoms with van der Waals surface area (Å²) in [5.74, 6) is -1.57. The summed E-state index contributed by atoms with van der Waals surface area (Å²) in [7, 11) is 0. The number of anilines is 1. The number of alkyl halides is 3. The van der Waals surface area contributed by atoms with Gasteiger partial charge in [-0.1, -0.05) is 6.07 Å². The van der Waals surface area contributed by atoms with Gasteiger partial charge < -0.3 is 16.2 Å². The van der Waals surface area contributed by atoms with E-state index in [0.29, 0.717) is 6.92 Å². The minimum Gasteiger partial charge on any atom is -0.508 e. The summed E-state index contributed by atoms with van der Waals surface area (Å²) >= 11 is 0. The first-order chi connectivity index (χ1) is 7.64. The molecule has 4 nitrogen and oxygen atoms in total. The van der Waals surface area contributed by atoms with E-state index in [1.54, 1.807) is 0 Å². The topological polar surface area (TPSA) is 75.4 Å². The summed E-state index contributed by atoms with van der Waals surface area (Å²) in [4.78, 5) is 11.4. The number of benzene rings is 1. The highest BCUT2D eigenvalue weighted by molar-refractivity contribution is 5.98. The fourth-order valence-corrected chi connectivity index (χ4v) is 0.973. The highest BCUT2D eigenvalue weighted by atomic mass is 19.4. The van der Waals surface area contributed by atoms with Gasteiger partial charge in [0, 0.05) is 11.8 Å². The maximum Gasteiger partial charge on any atom is 0.415 e. The van der Waals surface area contributed by atoms with Gasteiger partial charge in [-0.05, 0) is 19.1 Å². The minimum atomic E-state index is -4.85. The van der Waals surface area contributed by atoms with Crippen molar-refractivity contribution in [2.24, 2.45) is 5.73 Å². The standard InChI is InChI=1S/C10H11F3N2O2/c1-9(14,10(11,12)13)8(17)15-6-3-2-4-7(16)5-6/h2-5,16H,14H2,1H3,(H,15,17). The lowest BCUT2D eigenvalue weighted by atomic mass is 10.0. The molecule has 17 heavy (non-hydrogen) atoms. The summed E-state index contributed by atoms with van der Waals surface area (Å²) in [5, 5.41) is 11.1. The molecule has 0 aliphatic heterocycles. The fourth-order valence-electron chi connectivity index (χ4n) is 0.973. The first-order valence-electron chi connectivity index (χ1n) is 4.60. The zero-order valence-corrected chi connectivity index (χ0v) is 8.88. The molecule has 0 heterocycles. The van der Waals surface area contributed by atoms with Crippen molar-refractivity contribution < 1.29 is 23.1 Å². The first-order valence-corrected chi connectivity index (χ1v) is 4.60. The molecule has 1 unspecified atom stereocenters. The molecule has 0 radical (unpaired) electrons. The molecule has 1 atom stereocenters. The third kappa shape index (κ3) is 2.88. The number of nitrogens with one attached hydrogen (secondary N) is 1. The van der Waals surface area contributed by atoms with Gasteiger partial charge in [-0.15, -0.1) is 0 Å². The van der Waals surface area contributed by atoms with Crippen molar-refractivity contribution in [2.45, 2.75) is 18.6 Å². The molecule has 1 rings (SSSR count). The van der Waals surface area contributed by atoms with Crippen molar-refractivity contribution in [3.63, 3.8) is 0 Å². The Kier molecular flexibility index (Phi) is 3.33. The lowest BCUT2D eigenvalue weighted by Gasteiger charge is -2.26. The van der Waals surface area contributed by atoms with Gasteiger partial charge >= 0.3 is 6.18 Å². The second-order valence-electron chi connectivity index (χ2n) is 3.70. The SMILES string of the molecule is CC(N)(C(=O)Nc1cccc(O)c1)C(F)(F)F. The smallest absolute Gasteiger partial charge is 0.415 e. The number of aromatic hydroxyl groups is 1. The van der Waals surface area contributed by atoms with Crippen molar-refractivity contribution in [3.05, 3.63) is 24.3 Å². The van der Waals surface area contributed by atoms with Crippen LogP contribution in [0.25, 0.3) is 0 Å². The van der Waals surface area contributed by atoms with Gasteiger partial charge in [0.15, 0.2) is 5.54 Å². The van der Waals surface area contributed by atoms with Crippen LogP contribution in [0, 0.1) is 0 Å². The van der Waals surface area contributed by atoms with Gasteiger partial charge in [-0.25, -0.2) is 0 Å². The second-order valence-corrected chi connectivity index (χ2v) is 3.70. The highest BCUT2D eigenvalue weighted by Gasteiger charge is 2.53. The highest BCUT2D eigenvalue weighted by Crippen LogP contribution is 2.29. The molecule has 0 spiro atoms. The second kappa shape index (κ2) is 4.25. The Hall–Kier alpha value is -1.76. The largest absolute Gasteiger partial charge is 0.508 e. The number of carbonyl (C=O) groups is 1. The number of hydrogen-bond acceptors (Lipinski definition) is 3. The van der Waals surface area contributed by atoms with Crippen molar-refractivity contribution in [1.82, 2.24) is 0 Å². The summed E-state index contributed by atoms with van der Waals surface area (Å²) in [6, 6.07) is 5.15. The van der Waals surface area contributed by atoms with Gasteiger partial charge in [0.2, 0.25) is 0 Å². The van der Waals surface area contributed by atoms with Crippen LogP contribution in [0.3, 0.4) is 0 Å². The van der Waals surface area contributed by atoms with E-state index in [2.05, 4.69) is 0 Å². The molecule has 4 N–H and O–H groups in total. The van der Waals surface area contributed by atoms with Crippen LogP contribution >= 0.6 is 0 Å². The van der Waals surface area contributed by atoms with Crippen molar-refractivity contribution in [3.8, 4) is 5.75 Å².